The van der Waals surface area contributed by atoms with Crippen LogP contribution in [0.3, 0.4) is 0 Å². The monoisotopic (exact) mass is 431 g/mol. The van der Waals surface area contributed by atoms with Gasteiger partial charge in [-0.15, -0.1) is 0 Å². The number of nitrogens with zero attached hydrogens (tertiary/aromatic N) is 1. The van der Waals surface area contributed by atoms with Gasteiger partial charge < -0.3 is 4.74 Å². The third kappa shape index (κ3) is 4.37. The highest BCUT2D eigenvalue weighted by molar-refractivity contribution is 6.30. The summed E-state index contributed by atoms with van der Waals surface area (Å²) in [5, 5.41) is 0.830. The van der Waals surface area contributed by atoms with E-state index in [1.165, 1.54) is 23.1 Å². The van der Waals surface area contributed by atoms with Crippen molar-refractivity contribution < 1.29 is 4.74 Å². The molecule has 1 heterocycles. The number of benzene rings is 3. The van der Waals surface area contributed by atoms with E-state index in [9.17, 15) is 0 Å². The second kappa shape index (κ2) is 9.06. The minimum Gasteiger partial charge on any atom is -0.497 e. The zero-order chi connectivity index (χ0) is 21.2. The number of hydrogen-bond acceptors (Lipinski definition) is 2. The van der Waals surface area contributed by atoms with Crippen LogP contribution >= 0.6 is 11.6 Å². The van der Waals surface area contributed by atoms with Crippen LogP contribution in [-0.2, 0) is 19.3 Å². The standard InChI is InChI=1S/C28H30ClNO/c1-31-24-11-13-25-22(18-24)10-12-26-27(25)19-30(15-14-21-8-5-9-23(29)16-21)28(26)17-20-6-3-2-4-7-20/h2-9,11,13,16,18,26-28H,10,12,14-15,17,19H2,1H3/t26?,27-,28-/m1/s1. The normalized spacial score (nSPS) is 22.7. The molecular formula is C28H30ClNO. The molecule has 5 rings (SSSR count). The van der Waals surface area contributed by atoms with E-state index < -0.39 is 0 Å². The molecule has 0 bridgehead atoms. The number of halogens is 1. The van der Waals surface area contributed by atoms with Crippen molar-refractivity contribution in [3.63, 3.8) is 0 Å². The van der Waals surface area contributed by atoms with Crippen molar-refractivity contribution in [1.29, 1.82) is 0 Å². The molecule has 0 amide bonds. The summed E-state index contributed by atoms with van der Waals surface area (Å²) in [4.78, 5) is 2.75. The van der Waals surface area contributed by atoms with E-state index >= 15 is 0 Å². The van der Waals surface area contributed by atoms with Gasteiger partial charge in [0.1, 0.15) is 5.75 Å². The Balaban J connectivity index is 1.41. The molecule has 2 nitrogen and oxygen atoms in total. The van der Waals surface area contributed by atoms with E-state index in [-0.39, 0.29) is 0 Å². The summed E-state index contributed by atoms with van der Waals surface area (Å²) >= 11 is 6.23. The summed E-state index contributed by atoms with van der Waals surface area (Å²) in [5.41, 5.74) is 5.79. The van der Waals surface area contributed by atoms with Crippen molar-refractivity contribution in [2.75, 3.05) is 20.2 Å². The Hall–Kier alpha value is -2.29. The maximum absolute atomic E-state index is 6.23. The van der Waals surface area contributed by atoms with Gasteiger partial charge in [0, 0.05) is 30.1 Å². The lowest BCUT2D eigenvalue weighted by Gasteiger charge is -2.32. The Bertz CT molecular complexity index is 1030. The van der Waals surface area contributed by atoms with Gasteiger partial charge in [-0.2, -0.15) is 0 Å². The van der Waals surface area contributed by atoms with Gasteiger partial charge in [-0.3, -0.25) is 4.90 Å². The molecule has 0 radical (unpaired) electrons. The van der Waals surface area contributed by atoms with Gasteiger partial charge in [0.05, 0.1) is 7.11 Å². The first-order valence-electron chi connectivity index (χ1n) is 11.4. The molecule has 3 heteroatoms. The third-order valence-corrected chi connectivity index (χ3v) is 7.51. The van der Waals surface area contributed by atoms with Gasteiger partial charge in [-0.25, -0.2) is 0 Å². The first-order chi connectivity index (χ1) is 15.2. The van der Waals surface area contributed by atoms with Crippen LogP contribution in [0.5, 0.6) is 5.75 Å². The molecule has 1 unspecified atom stereocenters. The van der Waals surface area contributed by atoms with E-state index in [1.54, 1.807) is 12.7 Å². The average molecular weight is 432 g/mol. The van der Waals surface area contributed by atoms with E-state index in [0.717, 1.165) is 43.1 Å². The predicted octanol–water partition coefficient (Wildman–Crippen LogP) is 6.16. The van der Waals surface area contributed by atoms with Gasteiger partial charge in [-0.1, -0.05) is 60.1 Å². The van der Waals surface area contributed by atoms with Gasteiger partial charge in [0.25, 0.3) is 0 Å². The summed E-state index contributed by atoms with van der Waals surface area (Å²) in [7, 11) is 1.76. The van der Waals surface area contributed by atoms with Crippen LogP contribution < -0.4 is 4.74 Å². The fraction of sp³-hybridized carbons (Fsp3) is 0.357. The lowest BCUT2D eigenvalue weighted by molar-refractivity contribution is 0.220. The van der Waals surface area contributed by atoms with Crippen molar-refractivity contribution in [3.05, 3.63) is 100 Å². The topological polar surface area (TPSA) is 12.5 Å². The molecule has 2 aliphatic rings. The fourth-order valence-electron chi connectivity index (χ4n) is 5.75. The molecule has 1 aliphatic heterocycles. The SMILES string of the molecule is COc1ccc2c(c1)CCC1[C@@H]2CN(CCc2cccc(Cl)c2)[C@@H]1Cc1ccccc1. The number of aryl methyl sites for hydroxylation is 1. The van der Waals surface area contributed by atoms with Crippen LogP contribution in [0.1, 0.15) is 34.6 Å². The lowest BCUT2D eigenvalue weighted by atomic mass is 9.73. The quantitative estimate of drug-likeness (QED) is 0.463. The van der Waals surface area contributed by atoms with Crippen LogP contribution in [-0.4, -0.2) is 31.1 Å². The average Bonchev–Trinajstić information content (AvgIpc) is 3.15. The number of methoxy groups -OCH3 is 1. The van der Waals surface area contributed by atoms with Crippen molar-refractivity contribution in [2.24, 2.45) is 5.92 Å². The number of hydrogen-bond donors (Lipinski definition) is 0. The maximum atomic E-state index is 6.23. The fourth-order valence-corrected chi connectivity index (χ4v) is 5.97. The van der Waals surface area contributed by atoms with E-state index in [0.29, 0.717) is 17.9 Å². The van der Waals surface area contributed by atoms with Crippen LogP contribution in [0.15, 0.2) is 72.8 Å². The highest BCUT2D eigenvalue weighted by Gasteiger charge is 2.44. The van der Waals surface area contributed by atoms with Crippen molar-refractivity contribution >= 4 is 11.6 Å². The minimum absolute atomic E-state index is 0.585. The Morgan fingerprint density at radius 2 is 1.81 bits per heavy atom. The van der Waals surface area contributed by atoms with Crippen molar-refractivity contribution in [2.45, 2.75) is 37.6 Å². The maximum Gasteiger partial charge on any atom is 0.119 e. The molecule has 0 spiro atoms. The molecule has 31 heavy (non-hydrogen) atoms. The Kier molecular flexibility index (Phi) is 6.02. The van der Waals surface area contributed by atoms with Crippen molar-refractivity contribution in [1.82, 2.24) is 4.90 Å². The summed E-state index contributed by atoms with van der Waals surface area (Å²) in [5.74, 6) is 2.30. The molecule has 160 valence electrons. The van der Waals surface area contributed by atoms with Crippen LogP contribution in [0.4, 0.5) is 0 Å². The molecule has 0 aromatic heterocycles. The van der Waals surface area contributed by atoms with Crippen LogP contribution in [0.25, 0.3) is 0 Å². The lowest BCUT2D eigenvalue weighted by Crippen LogP contribution is -2.36. The van der Waals surface area contributed by atoms with Gasteiger partial charge in [0.15, 0.2) is 0 Å². The molecule has 3 aromatic carbocycles. The molecule has 1 saturated heterocycles. The first kappa shape index (κ1) is 20.6. The highest BCUT2D eigenvalue weighted by atomic mass is 35.5. The van der Waals surface area contributed by atoms with Crippen molar-refractivity contribution in [3.8, 4) is 5.75 Å². The van der Waals surface area contributed by atoms with Crippen LogP contribution in [0.2, 0.25) is 5.02 Å². The smallest absolute Gasteiger partial charge is 0.119 e. The summed E-state index contributed by atoms with van der Waals surface area (Å²) < 4.78 is 5.49. The summed E-state index contributed by atoms with van der Waals surface area (Å²) in [6.45, 7) is 2.22. The summed E-state index contributed by atoms with van der Waals surface area (Å²) in [6, 6.07) is 26.6. The second-order valence-corrected chi connectivity index (χ2v) is 9.44. The largest absolute Gasteiger partial charge is 0.497 e. The molecule has 3 atom stereocenters. The highest BCUT2D eigenvalue weighted by Crippen LogP contribution is 2.46. The van der Waals surface area contributed by atoms with E-state index in [2.05, 4.69) is 71.6 Å². The molecule has 1 aliphatic carbocycles. The summed E-state index contributed by atoms with van der Waals surface area (Å²) in [6.07, 6.45) is 4.58. The number of rotatable bonds is 6. The Morgan fingerprint density at radius 3 is 2.61 bits per heavy atom. The van der Waals surface area contributed by atoms with Gasteiger partial charge >= 0.3 is 0 Å². The van der Waals surface area contributed by atoms with E-state index in [1.807, 2.05) is 6.07 Å². The second-order valence-electron chi connectivity index (χ2n) is 9.01. The predicted molar refractivity (Wildman–Crippen MR) is 128 cm³/mol. The molecule has 0 saturated carbocycles. The molecule has 1 fully saturated rings. The van der Waals surface area contributed by atoms with Crippen LogP contribution in [0, 0.1) is 5.92 Å². The van der Waals surface area contributed by atoms with Gasteiger partial charge in [-0.05, 0) is 78.1 Å². The van der Waals surface area contributed by atoms with E-state index in [4.69, 9.17) is 16.3 Å². The Labute approximate surface area is 190 Å². The molecule has 3 aromatic rings. The number of fused-ring (bicyclic) bond motifs is 3. The third-order valence-electron chi connectivity index (χ3n) is 7.27. The first-order valence-corrected chi connectivity index (χ1v) is 11.8. The Morgan fingerprint density at radius 1 is 0.968 bits per heavy atom. The minimum atomic E-state index is 0.585. The number of ether oxygens (including phenoxy) is 1. The zero-order valence-corrected chi connectivity index (χ0v) is 18.9. The molecule has 0 N–H and O–H groups in total. The van der Waals surface area contributed by atoms with Gasteiger partial charge in [0.2, 0.25) is 0 Å². The molecular weight excluding hydrogens is 402 g/mol. The number of likely N-dealkylation sites (tertiary alicyclic amines) is 1. The zero-order valence-electron chi connectivity index (χ0n) is 18.1.